The molecular weight excluding hydrogens is 688 g/mol. The summed E-state index contributed by atoms with van der Waals surface area (Å²) in [5.74, 6) is 2.17. The average Bonchev–Trinajstić information content (AvgIpc) is 3.17. The Morgan fingerprint density at radius 2 is 1.00 bits per heavy atom. The molecule has 2 unspecified atom stereocenters. The summed E-state index contributed by atoms with van der Waals surface area (Å²) in [5, 5.41) is 10.4. The molecule has 264 valence electrons. The maximum Gasteiger partial charge on any atom is 0.161 e. The van der Waals surface area contributed by atoms with Crippen LogP contribution in [-0.2, 0) is 32.2 Å². The normalized spacial score (nSPS) is 17.0. The fraction of sp³-hybridized carbons (Fsp3) is 0.400. The Balaban J connectivity index is 0.000000184. The van der Waals surface area contributed by atoms with Crippen molar-refractivity contribution in [1.82, 2.24) is 0 Å². The van der Waals surface area contributed by atoms with E-state index < -0.39 is 0 Å². The Hall–Kier alpha value is -3.60. The molecule has 4 aromatic carbocycles. The number of ether oxygens (including phenoxy) is 7. The number of hydrogen-bond acceptors (Lipinski definition) is 8. The topological polar surface area (TPSA) is 84.8 Å². The van der Waals surface area contributed by atoms with Gasteiger partial charge in [-0.2, -0.15) is 0 Å². The summed E-state index contributed by atoms with van der Waals surface area (Å²) in [6.45, 7) is 4.40. The number of alkyl halides is 1. The van der Waals surface area contributed by atoms with E-state index in [0.29, 0.717) is 32.2 Å². The number of phenols is 1. The lowest BCUT2D eigenvalue weighted by molar-refractivity contribution is -0.165. The van der Waals surface area contributed by atoms with E-state index in [1.54, 1.807) is 18.2 Å². The molecule has 49 heavy (non-hydrogen) atoms. The van der Waals surface area contributed by atoms with Crippen LogP contribution in [0.15, 0.2) is 109 Å². The van der Waals surface area contributed by atoms with Crippen molar-refractivity contribution < 1.29 is 38.3 Å². The fourth-order valence-corrected chi connectivity index (χ4v) is 5.12. The largest absolute Gasteiger partial charge is 0.504 e. The van der Waals surface area contributed by atoms with Crippen LogP contribution in [0.3, 0.4) is 0 Å². The number of para-hydroxylation sites is 4. The molecule has 1 N–H and O–H groups in total. The van der Waals surface area contributed by atoms with Crippen LogP contribution in [0.25, 0.3) is 0 Å². The molecule has 2 aliphatic rings. The molecule has 0 radical (unpaired) electrons. The summed E-state index contributed by atoms with van der Waals surface area (Å²) in [7, 11) is 0. The quantitative estimate of drug-likeness (QED) is 0.101. The van der Waals surface area contributed by atoms with Crippen LogP contribution < -0.4 is 14.2 Å². The molecule has 9 heteroatoms. The Labute approximate surface area is 299 Å². The van der Waals surface area contributed by atoms with Crippen molar-refractivity contribution in [3.63, 3.8) is 0 Å². The van der Waals surface area contributed by atoms with Crippen LogP contribution in [0, 0.1) is 0 Å². The standard InChI is InChI=1S/C20H24O4.C13H12O2.C7H13BrO2/c1-2-8-17(9-3-1)16-24-19-11-5-4-10-18(19)21-14-15-23-20-12-6-7-13-22-20;14-12-8-4-5-9-13(12)15-10-11-6-2-1-3-7-11;8-4-6-10-7-3-1-2-5-9-7/h1-5,8-11,20H,6-7,12-16H2;1-9,14H,10H2;7H,1-6H2. The molecule has 0 amide bonds. The van der Waals surface area contributed by atoms with Gasteiger partial charge in [-0.1, -0.05) is 101 Å². The smallest absolute Gasteiger partial charge is 0.161 e. The van der Waals surface area contributed by atoms with Crippen molar-refractivity contribution in [1.29, 1.82) is 0 Å². The molecule has 0 spiro atoms. The Kier molecular flexibility index (Phi) is 18.5. The van der Waals surface area contributed by atoms with Gasteiger partial charge in [-0.25, -0.2) is 0 Å². The highest BCUT2D eigenvalue weighted by Crippen LogP contribution is 2.28. The zero-order valence-corrected chi connectivity index (χ0v) is 29.7. The Morgan fingerprint density at radius 1 is 0.531 bits per heavy atom. The minimum Gasteiger partial charge on any atom is -0.504 e. The summed E-state index contributed by atoms with van der Waals surface area (Å²) in [4.78, 5) is 0. The van der Waals surface area contributed by atoms with E-state index in [-0.39, 0.29) is 18.3 Å². The van der Waals surface area contributed by atoms with Gasteiger partial charge in [0.1, 0.15) is 19.8 Å². The maximum atomic E-state index is 9.46. The van der Waals surface area contributed by atoms with Crippen LogP contribution in [0.1, 0.15) is 49.7 Å². The van der Waals surface area contributed by atoms with Gasteiger partial charge >= 0.3 is 0 Å². The van der Waals surface area contributed by atoms with E-state index in [2.05, 4.69) is 15.9 Å². The molecule has 0 aliphatic carbocycles. The van der Waals surface area contributed by atoms with E-state index in [0.717, 1.165) is 67.0 Å². The minimum atomic E-state index is -0.0769. The van der Waals surface area contributed by atoms with Crippen LogP contribution in [-0.4, -0.2) is 56.1 Å². The third-order valence-electron chi connectivity index (χ3n) is 7.49. The molecule has 0 aromatic heterocycles. The second-order valence-electron chi connectivity index (χ2n) is 11.3. The molecular formula is C40H49BrO8. The van der Waals surface area contributed by atoms with Crippen LogP contribution in [0.2, 0.25) is 0 Å². The van der Waals surface area contributed by atoms with Gasteiger partial charge in [-0.05, 0) is 73.9 Å². The molecule has 2 atom stereocenters. The maximum absolute atomic E-state index is 9.46. The highest BCUT2D eigenvalue weighted by molar-refractivity contribution is 9.09. The summed E-state index contributed by atoms with van der Waals surface area (Å²) in [5.41, 5.74) is 2.21. The van der Waals surface area contributed by atoms with Crippen molar-refractivity contribution in [3.05, 3.63) is 120 Å². The van der Waals surface area contributed by atoms with Crippen LogP contribution in [0.4, 0.5) is 0 Å². The van der Waals surface area contributed by atoms with Gasteiger partial charge in [-0.15, -0.1) is 0 Å². The van der Waals surface area contributed by atoms with Gasteiger partial charge < -0.3 is 38.3 Å². The summed E-state index contributed by atoms with van der Waals surface area (Å²) in [6, 6.07) is 34.6. The van der Waals surface area contributed by atoms with E-state index in [4.69, 9.17) is 33.2 Å². The molecule has 2 aliphatic heterocycles. The van der Waals surface area contributed by atoms with Gasteiger partial charge in [0, 0.05) is 18.5 Å². The molecule has 0 saturated carbocycles. The molecule has 8 nitrogen and oxygen atoms in total. The average molecular weight is 738 g/mol. The molecule has 2 heterocycles. The van der Waals surface area contributed by atoms with Gasteiger partial charge in [0.15, 0.2) is 35.6 Å². The van der Waals surface area contributed by atoms with Gasteiger partial charge in [0.05, 0.1) is 13.2 Å². The van der Waals surface area contributed by atoms with E-state index in [1.807, 2.05) is 91.0 Å². The van der Waals surface area contributed by atoms with Crippen LogP contribution in [0.5, 0.6) is 23.0 Å². The lowest BCUT2D eigenvalue weighted by atomic mass is 10.2. The van der Waals surface area contributed by atoms with Gasteiger partial charge in [-0.3, -0.25) is 0 Å². The van der Waals surface area contributed by atoms with E-state index in [9.17, 15) is 5.11 Å². The lowest BCUT2D eigenvalue weighted by Crippen LogP contribution is -2.24. The zero-order valence-electron chi connectivity index (χ0n) is 28.1. The first-order valence-electron chi connectivity index (χ1n) is 17.1. The highest BCUT2D eigenvalue weighted by atomic mass is 79.9. The molecule has 0 bridgehead atoms. The van der Waals surface area contributed by atoms with Crippen molar-refractivity contribution in [2.75, 3.05) is 38.4 Å². The zero-order chi connectivity index (χ0) is 34.2. The number of benzene rings is 4. The van der Waals surface area contributed by atoms with E-state index >= 15 is 0 Å². The summed E-state index contributed by atoms with van der Waals surface area (Å²) in [6.07, 6.45) is 6.76. The molecule has 6 rings (SSSR count). The SMILES string of the molecule is BrCCOC1CCCCO1.Oc1ccccc1OCc1ccccc1.c1ccc(COc2ccccc2OCCOC2CCCCO2)cc1. The van der Waals surface area contributed by atoms with Gasteiger partial charge in [0.25, 0.3) is 0 Å². The lowest BCUT2D eigenvalue weighted by Gasteiger charge is -2.22. The summed E-state index contributed by atoms with van der Waals surface area (Å²) >= 11 is 3.30. The second kappa shape index (κ2) is 23.7. The molecule has 4 aromatic rings. The Morgan fingerprint density at radius 3 is 1.51 bits per heavy atom. The third-order valence-corrected chi connectivity index (χ3v) is 7.81. The first-order chi connectivity index (χ1) is 24.2. The van der Waals surface area contributed by atoms with Crippen molar-refractivity contribution in [2.45, 2.75) is 64.3 Å². The van der Waals surface area contributed by atoms with Crippen molar-refractivity contribution in [3.8, 4) is 23.0 Å². The predicted octanol–water partition coefficient (Wildman–Crippen LogP) is 9.08. The monoisotopic (exact) mass is 736 g/mol. The molecule has 2 fully saturated rings. The van der Waals surface area contributed by atoms with E-state index in [1.165, 1.54) is 19.3 Å². The second-order valence-corrected chi connectivity index (χ2v) is 12.1. The predicted molar refractivity (Wildman–Crippen MR) is 194 cm³/mol. The third kappa shape index (κ3) is 15.7. The minimum absolute atomic E-state index is 0.0753. The van der Waals surface area contributed by atoms with Crippen LogP contribution >= 0.6 is 15.9 Å². The number of aromatic hydroxyl groups is 1. The van der Waals surface area contributed by atoms with Gasteiger partial charge in [0.2, 0.25) is 0 Å². The number of rotatable bonds is 14. The highest BCUT2D eigenvalue weighted by Gasteiger charge is 2.14. The molecule has 2 saturated heterocycles. The number of phenolic OH excluding ortho intramolecular Hbond substituents is 1. The fourth-order valence-electron chi connectivity index (χ4n) is 4.93. The first kappa shape index (κ1) is 38.2. The summed E-state index contributed by atoms with van der Waals surface area (Å²) < 4.78 is 39.1. The number of halogens is 1. The van der Waals surface area contributed by atoms with Crippen molar-refractivity contribution in [2.24, 2.45) is 0 Å². The Bertz CT molecular complexity index is 1400. The number of hydrogen-bond donors (Lipinski definition) is 1. The van der Waals surface area contributed by atoms with Crippen molar-refractivity contribution >= 4 is 15.9 Å². The first-order valence-corrected chi connectivity index (χ1v) is 18.2.